The van der Waals surface area contributed by atoms with Gasteiger partial charge in [-0.05, 0) is 26.2 Å². The summed E-state index contributed by atoms with van der Waals surface area (Å²) in [5.41, 5.74) is 2.26. The van der Waals surface area contributed by atoms with Crippen LogP contribution in [0.5, 0.6) is 0 Å². The highest BCUT2D eigenvalue weighted by atomic mass is 32.2. The second-order valence-corrected chi connectivity index (χ2v) is 6.90. The van der Waals surface area contributed by atoms with Gasteiger partial charge in [0.1, 0.15) is 0 Å². The van der Waals surface area contributed by atoms with Crippen molar-refractivity contribution in [2.75, 3.05) is 18.8 Å². The minimum atomic E-state index is 0.203. The van der Waals surface area contributed by atoms with Gasteiger partial charge in [-0.2, -0.15) is 0 Å². The van der Waals surface area contributed by atoms with Gasteiger partial charge in [0, 0.05) is 25.7 Å². The largest absolute Gasteiger partial charge is 0.342 e. The van der Waals surface area contributed by atoms with E-state index in [-0.39, 0.29) is 5.91 Å². The van der Waals surface area contributed by atoms with Crippen LogP contribution in [0, 0.1) is 6.92 Å². The molecule has 0 N–H and O–H groups in total. The van der Waals surface area contributed by atoms with Gasteiger partial charge in [-0.15, -0.1) is 10.2 Å². The normalized spacial score (nSPS) is 15.0. The third-order valence-corrected chi connectivity index (χ3v) is 5.18. The van der Waals surface area contributed by atoms with Gasteiger partial charge >= 0.3 is 0 Å². The van der Waals surface area contributed by atoms with E-state index in [1.54, 1.807) is 0 Å². The van der Waals surface area contributed by atoms with Crippen molar-refractivity contribution in [1.29, 1.82) is 0 Å². The van der Waals surface area contributed by atoms with E-state index in [4.69, 9.17) is 0 Å². The fourth-order valence-corrected chi connectivity index (χ4v) is 3.57. The van der Waals surface area contributed by atoms with Crippen molar-refractivity contribution < 1.29 is 4.79 Å². The quantitative estimate of drug-likeness (QED) is 0.809. The van der Waals surface area contributed by atoms with E-state index in [1.807, 2.05) is 28.6 Å². The van der Waals surface area contributed by atoms with E-state index in [2.05, 4.69) is 29.3 Å². The standard InChI is InChI=1S/C17H22N4OS/c1-13-6-8-14(9-7-13)16-18-19-17(20(16)2)23-12-15(22)21-10-4-3-5-11-21/h6-9H,3-5,10-12H2,1-2H3. The molecule has 3 rings (SSSR count). The molecule has 0 bridgehead atoms. The molecule has 1 amide bonds. The first-order valence-corrected chi connectivity index (χ1v) is 9.01. The lowest BCUT2D eigenvalue weighted by molar-refractivity contribution is -0.129. The summed E-state index contributed by atoms with van der Waals surface area (Å²) in [5.74, 6) is 1.47. The zero-order chi connectivity index (χ0) is 16.2. The lowest BCUT2D eigenvalue weighted by atomic mass is 10.1. The molecular formula is C17H22N4OS. The second kappa shape index (κ2) is 7.17. The number of nitrogens with zero attached hydrogens (tertiary/aromatic N) is 4. The number of hydrogen-bond acceptors (Lipinski definition) is 4. The Kier molecular flexibility index (Phi) is 5.00. The van der Waals surface area contributed by atoms with Crippen molar-refractivity contribution in [1.82, 2.24) is 19.7 Å². The number of carbonyl (C=O) groups is 1. The maximum Gasteiger partial charge on any atom is 0.233 e. The molecule has 0 saturated carbocycles. The zero-order valence-corrected chi connectivity index (χ0v) is 14.5. The summed E-state index contributed by atoms with van der Waals surface area (Å²) in [6, 6.07) is 8.23. The van der Waals surface area contributed by atoms with Gasteiger partial charge in [-0.3, -0.25) is 4.79 Å². The second-order valence-electron chi connectivity index (χ2n) is 5.96. The topological polar surface area (TPSA) is 51.0 Å². The molecule has 0 atom stereocenters. The molecule has 0 radical (unpaired) electrons. The molecule has 6 heteroatoms. The summed E-state index contributed by atoms with van der Waals surface area (Å²) in [6.07, 6.45) is 3.48. The molecular weight excluding hydrogens is 308 g/mol. The van der Waals surface area contributed by atoms with E-state index in [9.17, 15) is 4.79 Å². The summed E-state index contributed by atoms with van der Waals surface area (Å²) in [5, 5.41) is 9.29. The molecule has 0 spiro atoms. The van der Waals surface area contributed by atoms with Crippen LogP contribution >= 0.6 is 11.8 Å². The molecule has 1 fully saturated rings. The highest BCUT2D eigenvalue weighted by molar-refractivity contribution is 7.99. The van der Waals surface area contributed by atoms with Crippen LogP contribution in [-0.4, -0.2) is 44.4 Å². The predicted octanol–water partition coefficient (Wildman–Crippen LogP) is 2.90. The van der Waals surface area contributed by atoms with Crippen LogP contribution in [-0.2, 0) is 11.8 Å². The Morgan fingerprint density at radius 2 is 1.83 bits per heavy atom. The molecule has 122 valence electrons. The van der Waals surface area contributed by atoms with Gasteiger partial charge in [0.25, 0.3) is 0 Å². The minimum Gasteiger partial charge on any atom is -0.342 e. The third kappa shape index (κ3) is 3.75. The van der Waals surface area contributed by atoms with Gasteiger partial charge in [-0.25, -0.2) is 0 Å². The van der Waals surface area contributed by atoms with Gasteiger partial charge in [0.15, 0.2) is 11.0 Å². The van der Waals surface area contributed by atoms with Crippen molar-refractivity contribution >= 4 is 17.7 Å². The summed E-state index contributed by atoms with van der Waals surface area (Å²) < 4.78 is 1.96. The first-order chi connectivity index (χ1) is 11.1. The van der Waals surface area contributed by atoms with Crippen LogP contribution in [0.1, 0.15) is 24.8 Å². The van der Waals surface area contributed by atoms with Crippen molar-refractivity contribution in [2.45, 2.75) is 31.3 Å². The lowest BCUT2D eigenvalue weighted by Gasteiger charge is -2.26. The maximum atomic E-state index is 12.2. The molecule has 1 aliphatic rings. The fourth-order valence-electron chi connectivity index (χ4n) is 2.76. The molecule has 0 aliphatic carbocycles. The summed E-state index contributed by atoms with van der Waals surface area (Å²) >= 11 is 1.47. The Balaban J connectivity index is 1.65. The number of aryl methyl sites for hydroxylation is 1. The fraction of sp³-hybridized carbons (Fsp3) is 0.471. The summed E-state index contributed by atoms with van der Waals surface area (Å²) in [7, 11) is 1.95. The number of hydrogen-bond donors (Lipinski definition) is 0. The van der Waals surface area contributed by atoms with E-state index in [1.165, 1.54) is 23.7 Å². The van der Waals surface area contributed by atoms with Crippen LogP contribution in [0.4, 0.5) is 0 Å². The Morgan fingerprint density at radius 1 is 1.13 bits per heavy atom. The number of piperidine rings is 1. The number of benzene rings is 1. The number of rotatable bonds is 4. The maximum absolute atomic E-state index is 12.2. The van der Waals surface area contributed by atoms with Crippen molar-refractivity contribution in [3.63, 3.8) is 0 Å². The Hall–Kier alpha value is -1.82. The SMILES string of the molecule is Cc1ccc(-c2nnc(SCC(=O)N3CCCCC3)n2C)cc1. The van der Waals surface area contributed by atoms with Crippen molar-refractivity contribution in [3.05, 3.63) is 29.8 Å². The molecule has 2 aromatic rings. The molecule has 0 unspecified atom stereocenters. The predicted molar refractivity (Wildman–Crippen MR) is 92.3 cm³/mol. The van der Waals surface area contributed by atoms with Crippen LogP contribution < -0.4 is 0 Å². The third-order valence-electron chi connectivity index (χ3n) is 4.18. The van der Waals surface area contributed by atoms with Crippen LogP contribution in [0.2, 0.25) is 0 Å². The molecule has 1 aliphatic heterocycles. The van der Waals surface area contributed by atoms with Crippen LogP contribution in [0.25, 0.3) is 11.4 Å². The smallest absolute Gasteiger partial charge is 0.233 e. The number of aromatic nitrogens is 3. The van der Waals surface area contributed by atoms with E-state index >= 15 is 0 Å². The first kappa shape index (κ1) is 16.1. The summed E-state index contributed by atoms with van der Waals surface area (Å²) in [6.45, 7) is 3.85. The average molecular weight is 330 g/mol. The molecule has 5 nitrogen and oxygen atoms in total. The van der Waals surface area contributed by atoms with Gasteiger partial charge in [0.2, 0.25) is 5.91 Å². The van der Waals surface area contributed by atoms with Gasteiger partial charge < -0.3 is 9.47 Å². The number of amides is 1. The number of likely N-dealkylation sites (tertiary alicyclic amines) is 1. The van der Waals surface area contributed by atoms with Gasteiger partial charge in [-0.1, -0.05) is 41.6 Å². The average Bonchev–Trinajstić information content (AvgIpc) is 2.95. The van der Waals surface area contributed by atoms with E-state index in [0.29, 0.717) is 5.75 Å². The first-order valence-electron chi connectivity index (χ1n) is 8.02. The number of carbonyl (C=O) groups excluding carboxylic acids is 1. The number of thioether (sulfide) groups is 1. The molecule has 1 aromatic carbocycles. The highest BCUT2D eigenvalue weighted by Crippen LogP contribution is 2.23. The van der Waals surface area contributed by atoms with Crippen LogP contribution in [0.15, 0.2) is 29.4 Å². The lowest BCUT2D eigenvalue weighted by Crippen LogP contribution is -2.36. The van der Waals surface area contributed by atoms with Crippen LogP contribution in [0.3, 0.4) is 0 Å². The Morgan fingerprint density at radius 3 is 2.52 bits per heavy atom. The van der Waals surface area contributed by atoms with Crippen molar-refractivity contribution in [3.8, 4) is 11.4 Å². The zero-order valence-electron chi connectivity index (χ0n) is 13.7. The monoisotopic (exact) mass is 330 g/mol. The molecule has 23 heavy (non-hydrogen) atoms. The van der Waals surface area contributed by atoms with Crippen molar-refractivity contribution in [2.24, 2.45) is 7.05 Å². The highest BCUT2D eigenvalue weighted by Gasteiger charge is 2.18. The minimum absolute atomic E-state index is 0.203. The van der Waals surface area contributed by atoms with E-state index in [0.717, 1.165) is 42.5 Å². The molecule has 1 aromatic heterocycles. The molecule has 1 saturated heterocycles. The van der Waals surface area contributed by atoms with E-state index < -0.39 is 0 Å². The Bertz CT molecular complexity index is 674. The van der Waals surface area contributed by atoms with Gasteiger partial charge in [0.05, 0.1) is 5.75 Å². The Labute approximate surface area is 141 Å². The summed E-state index contributed by atoms with van der Waals surface area (Å²) in [4.78, 5) is 14.2. The molecule has 2 heterocycles.